The second kappa shape index (κ2) is 42.3. The number of phosphoric acid groups is 1. The first kappa shape index (κ1) is 53.7. The van der Waals surface area contributed by atoms with Crippen molar-refractivity contribution in [2.24, 2.45) is 5.73 Å². The van der Waals surface area contributed by atoms with E-state index in [0.717, 1.165) is 57.8 Å². The molecule has 0 aliphatic heterocycles. The van der Waals surface area contributed by atoms with Gasteiger partial charge in [0.05, 0.1) is 13.2 Å². The molecule has 3 N–H and O–H groups in total. The van der Waals surface area contributed by atoms with E-state index >= 15 is 0 Å². The van der Waals surface area contributed by atoms with Crippen LogP contribution in [0.5, 0.6) is 0 Å². The second-order valence-electron chi connectivity index (χ2n) is 14.6. The molecule has 2 unspecified atom stereocenters. The lowest BCUT2D eigenvalue weighted by molar-refractivity contribution is -0.161. The molecule has 9 nitrogen and oxygen atoms in total. The number of phosphoric ester groups is 1. The molecule has 0 aliphatic carbocycles. The summed E-state index contributed by atoms with van der Waals surface area (Å²) in [6.45, 7) is 3.62. The molecule has 0 amide bonds. The van der Waals surface area contributed by atoms with Gasteiger partial charge in [0.25, 0.3) is 0 Å². The zero-order valence-electron chi connectivity index (χ0n) is 35.6. The molecule has 0 heterocycles. The largest absolute Gasteiger partial charge is 0.472 e. The molecule has 0 radical (unpaired) electrons. The third kappa shape index (κ3) is 41.3. The smallest absolute Gasteiger partial charge is 0.462 e. The van der Waals surface area contributed by atoms with E-state index in [1.54, 1.807) is 0 Å². The summed E-state index contributed by atoms with van der Waals surface area (Å²) in [7, 11) is -4.39. The molecule has 0 bridgehead atoms. The van der Waals surface area contributed by atoms with Gasteiger partial charge in [-0.15, -0.1) is 0 Å². The average molecular weight is 808 g/mol. The summed E-state index contributed by atoms with van der Waals surface area (Å²) in [6.07, 6.45) is 49.8. The summed E-state index contributed by atoms with van der Waals surface area (Å²) in [5.74, 6) is -0.915. The van der Waals surface area contributed by atoms with Gasteiger partial charge in [-0.05, 0) is 70.6 Å². The third-order valence-electron chi connectivity index (χ3n) is 9.14. The van der Waals surface area contributed by atoms with Gasteiger partial charge in [0.2, 0.25) is 0 Å². The Morgan fingerprint density at radius 1 is 0.536 bits per heavy atom. The van der Waals surface area contributed by atoms with Crippen LogP contribution in [0.1, 0.15) is 187 Å². The zero-order valence-corrected chi connectivity index (χ0v) is 36.5. The highest BCUT2D eigenvalue weighted by Crippen LogP contribution is 2.43. The number of unbranched alkanes of at least 4 members (excludes halogenated alkanes) is 18. The van der Waals surface area contributed by atoms with Gasteiger partial charge in [0, 0.05) is 19.4 Å². The highest BCUT2D eigenvalue weighted by molar-refractivity contribution is 7.47. The van der Waals surface area contributed by atoms with Crippen LogP contribution >= 0.6 is 7.82 Å². The predicted octanol–water partition coefficient (Wildman–Crippen LogP) is 12.9. The summed E-state index contributed by atoms with van der Waals surface area (Å²) in [6, 6.07) is 0. The standard InChI is InChI=1S/C46H82NO8P/c1-3-5-7-9-11-13-15-17-18-19-20-21-22-23-24-25-27-28-30-32-34-36-38-45(48)52-42-44(43-54-56(50,51)53-41-40-47)55-46(49)39-37-35-33-31-29-26-16-14-12-10-8-6-4-2/h11,13,17-18,20-21,26,29,33,35,44H,3-10,12,14-16,19,22-25,27-28,30-32,34,36-43,47H2,1-2H3,(H,50,51)/b13-11+,18-17+,21-20+,29-26+,35-33+. The van der Waals surface area contributed by atoms with Crippen LogP contribution in [0, 0.1) is 0 Å². The van der Waals surface area contributed by atoms with E-state index in [1.165, 1.54) is 96.3 Å². The molecule has 0 rings (SSSR count). The van der Waals surface area contributed by atoms with Gasteiger partial charge < -0.3 is 20.1 Å². The molecule has 0 saturated carbocycles. The lowest BCUT2D eigenvalue weighted by Gasteiger charge is -2.19. The van der Waals surface area contributed by atoms with E-state index in [0.29, 0.717) is 6.42 Å². The average Bonchev–Trinajstić information content (AvgIpc) is 3.18. The first-order valence-electron chi connectivity index (χ1n) is 22.3. The minimum atomic E-state index is -4.39. The van der Waals surface area contributed by atoms with Crippen molar-refractivity contribution in [3.8, 4) is 0 Å². The van der Waals surface area contributed by atoms with Gasteiger partial charge in [-0.3, -0.25) is 18.6 Å². The van der Waals surface area contributed by atoms with Crippen molar-refractivity contribution >= 4 is 19.8 Å². The third-order valence-corrected chi connectivity index (χ3v) is 10.1. The van der Waals surface area contributed by atoms with E-state index in [2.05, 4.69) is 62.5 Å². The molecular weight excluding hydrogens is 725 g/mol. The number of ether oxygens (including phenoxy) is 2. The van der Waals surface area contributed by atoms with Crippen molar-refractivity contribution in [3.63, 3.8) is 0 Å². The lowest BCUT2D eigenvalue weighted by Crippen LogP contribution is -2.29. The fourth-order valence-electron chi connectivity index (χ4n) is 5.81. The van der Waals surface area contributed by atoms with Crippen LogP contribution in [0.25, 0.3) is 0 Å². The molecule has 0 aromatic rings. The molecule has 10 heteroatoms. The van der Waals surface area contributed by atoms with Crippen LogP contribution in [0.2, 0.25) is 0 Å². The van der Waals surface area contributed by atoms with E-state index in [-0.39, 0.29) is 32.6 Å². The molecule has 0 spiro atoms. The Morgan fingerprint density at radius 3 is 1.48 bits per heavy atom. The second-order valence-corrected chi connectivity index (χ2v) is 16.0. The van der Waals surface area contributed by atoms with Crippen molar-refractivity contribution in [2.75, 3.05) is 26.4 Å². The Labute approximate surface area is 342 Å². The van der Waals surface area contributed by atoms with Crippen LogP contribution < -0.4 is 5.73 Å². The summed E-state index contributed by atoms with van der Waals surface area (Å²) >= 11 is 0. The highest BCUT2D eigenvalue weighted by atomic mass is 31.2. The Morgan fingerprint density at radius 2 is 0.964 bits per heavy atom. The van der Waals surface area contributed by atoms with E-state index in [9.17, 15) is 19.0 Å². The van der Waals surface area contributed by atoms with Crippen molar-refractivity contribution < 1.29 is 37.6 Å². The predicted molar refractivity (Wildman–Crippen MR) is 233 cm³/mol. The van der Waals surface area contributed by atoms with Gasteiger partial charge in [-0.25, -0.2) is 4.57 Å². The first-order valence-corrected chi connectivity index (χ1v) is 23.8. The number of hydrogen-bond acceptors (Lipinski definition) is 8. The first-order chi connectivity index (χ1) is 27.3. The SMILES string of the molecule is CCCCC/C=C/C/C=C/C/C=C/CCCCCCCCCCCC(=O)OCC(COP(=O)(O)OCCN)OC(=O)CC/C=C/C/C=C/CCCCCCCC. The van der Waals surface area contributed by atoms with Gasteiger partial charge >= 0.3 is 19.8 Å². The summed E-state index contributed by atoms with van der Waals surface area (Å²) < 4.78 is 32.7. The topological polar surface area (TPSA) is 134 Å². The highest BCUT2D eigenvalue weighted by Gasteiger charge is 2.25. The van der Waals surface area contributed by atoms with E-state index in [1.807, 2.05) is 12.2 Å². The Kier molecular flexibility index (Phi) is 40.6. The Bertz CT molecular complexity index is 1100. The zero-order chi connectivity index (χ0) is 41.1. The molecule has 0 aromatic heterocycles. The lowest BCUT2D eigenvalue weighted by atomic mass is 10.1. The number of rotatable bonds is 41. The molecule has 0 fully saturated rings. The molecule has 324 valence electrons. The number of carbonyl (C=O) groups is 2. The minimum Gasteiger partial charge on any atom is -0.462 e. The van der Waals surface area contributed by atoms with Gasteiger partial charge in [0.15, 0.2) is 6.10 Å². The maximum atomic E-state index is 12.5. The normalized spacial score (nSPS) is 13.9. The van der Waals surface area contributed by atoms with Crippen molar-refractivity contribution in [1.82, 2.24) is 0 Å². The van der Waals surface area contributed by atoms with Crippen LogP contribution in [0.4, 0.5) is 0 Å². The molecule has 56 heavy (non-hydrogen) atoms. The molecule has 0 aromatic carbocycles. The number of esters is 2. The summed E-state index contributed by atoms with van der Waals surface area (Å²) in [5.41, 5.74) is 5.34. The maximum absolute atomic E-state index is 12.5. The van der Waals surface area contributed by atoms with Crippen LogP contribution in [-0.2, 0) is 32.7 Å². The Hall–Kier alpha value is -2.29. The monoisotopic (exact) mass is 808 g/mol. The van der Waals surface area contributed by atoms with Crippen LogP contribution in [0.3, 0.4) is 0 Å². The van der Waals surface area contributed by atoms with Crippen LogP contribution in [-0.4, -0.2) is 49.3 Å². The molecular formula is C46H82NO8P. The number of allylic oxidation sites excluding steroid dienone is 10. The summed E-state index contributed by atoms with van der Waals surface area (Å²) in [4.78, 5) is 34.8. The molecule has 0 saturated heterocycles. The fourth-order valence-corrected chi connectivity index (χ4v) is 6.58. The fraction of sp³-hybridized carbons (Fsp3) is 0.739. The van der Waals surface area contributed by atoms with Crippen molar-refractivity contribution in [3.05, 3.63) is 60.8 Å². The van der Waals surface area contributed by atoms with E-state index in [4.69, 9.17) is 24.3 Å². The maximum Gasteiger partial charge on any atom is 0.472 e. The van der Waals surface area contributed by atoms with Crippen molar-refractivity contribution in [1.29, 1.82) is 0 Å². The quantitative estimate of drug-likeness (QED) is 0.0268. The molecule has 0 aliphatic rings. The van der Waals surface area contributed by atoms with Crippen LogP contribution in [0.15, 0.2) is 60.8 Å². The van der Waals surface area contributed by atoms with Gasteiger partial charge in [0.1, 0.15) is 6.61 Å². The minimum absolute atomic E-state index is 0.0428. The summed E-state index contributed by atoms with van der Waals surface area (Å²) in [5, 5.41) is 0. The van der Waals surface area contributed by atoms with Gasteiger partial charge in [-0.1, -0.05) is 164 Å². The Balaban J connectivity index is 4.16. The van der Waals surface area contributed by atoms with Crippen molar-refractivity contribution in [2.45, 2.75) is 193 Å². The van der Waals surface area contributed by atoms with Gasteiger partial charge in [-0.2, -0.15) is 0 Å². The van der Waals surface area contributed by atoms with E-state index < -0.39 is 32.5 Å². The number of carbonyl (C=O) groups excluding carboxylic acids is 2. The number of hydrogen-bond donors (Lipinski definition) is 2. The molecule has 2 atom stereocenters. The number of nitrogens with two attached hydrogens (primary N) is 1.